The predicted octanol–water partition coefficient (Wildman–Crippen LogP) is 0.211. The first-order chi connectivity index (χ1) is 6.77. The molecule has 0 aliphatic rings. The van der Waals surface area contributed by atoms with Crippen LogP contribution in [0.25, 0.3) is 0 Å². The topological polar surface area (TPSA) is 78.4 Å². The molecule has 0 rings (SSSR count). The lowest BCUT2D eigenvalue weighted by atomic mass is 9.84. The zero-order valence-electron chi connectivity index (χ0n) is 9.76. The Morgan fingerprint density at radius 1 is 1.33 bits per heavy atom. The summed E-state index contributed by atoms with van der Waals surface area (Å²) >= 11 is 0. The van der Waals surface area contributed by atoms with Crippen LogP contribution >= 0.6 is 0 Å². The van der Waals surface area contributed by atoms with Crippen molar-refractivity contribution in [2.24, 2.45) is 5.41 Å². The molecule has 0 fully saturated rings. The maximum absolute atomic E-state index is 11.3. The Bertz CT molecular complexity index is 233. The molecule has 88 valence electrons. The minimum Gasteiger partial charge on any atom is -0.481 e. The van der Waals surface area contributed by atoms with Crippen molar-refractivity contribution in [2.45, 2.75) is 33.2 Å². The fraction of sp³-hybridized carbons (Fsp3) is 0.800. The molecule has 0 aromatic carbocycles. The Morgan fingerprint density at radius 3 is 2.20 bits per heavy atom. The van der Waals surface area contributed by atoms with Gasteiger partial charge in [0.05, 0.1) is 13.0 Å². The Morgan fingerprint density at radius 2 is 1.87 bits per heavy atom. The first-order valence-electron chi connectivity index (χ1n) is 4.93. The largest absolute Gasteiger partial charge is 0.481 e. The number of hydrogen-bond acceptors (Lipinski definition) is 3. The minimum atomic E-state index is -0.903. The van der Waals surface area contributed by atoms with E-state index in [2.05, 4.69) is 10.6 Å². The monoisotopic (exact) mass is 216 g/mol. The van der Waals surface area contributed by atoms with Crippen molar-refractivity contribution in [2.75, 3.05) is 13.6 Å². The minimum absolute atomic E-state index is 0.0566. The smallest absolute Gasteiger partial charge is 0.305 e. The van der Waals surface area contributed by atoms with E-state index in [1.165, 1.54) is 0 Å². The van der Waals surface area contributed by atoms with Gasteiger partial charge in [0.15, 0.2) is 0 Å². The second-order valence-corrected chi connectivity index (χ2v) is 4.61. The first-order valence-corrected chi connectivity index (χ1v) is 4.93. The molecule has 1 unspecified atom stereocenters. The summed E-state index contributed by atoms with van der Waals surface area (Å²) in [5, 5.41) is 14.1. The van der Waals surface area contributed by atoms with E-state index in [0.29, 0.717) is 0 Å². The van der Waals surface area contributed by atoms with E-state index in [0.717, 1.165) is 0 Å². The van der Waals surface area contributed by atoms with Gasteiger partial charge in [-0.05, 0) is 12.5 Å². The van der Waals surface area contributed by atoms with Crippen LogP contribution in [-0.2, 0) is 9.59 Å². The average Bonchev–Trinajstić information content (AvgIpc) is 2.00. The van der Waals surface area contributed by atoms with Crippen molar-refractivity contribution < 1.29 is 14.7 Å². The molecule has 0 saturated carbocycles. The van der Waals surface area contributed by atoms with Crippen LogP contribution in [0.1, 0.15) is 27.2 Å². The lowest BCUT2D eigenvalue weighted by molar-refractivity contribution is -0.138. The van der Waals surface area contributed by atoms with Crippen LogP contribution in [0.15, 0.2) is 0 Å². The highest BCUT2D eigenvalue weighted by Crippen LogP contribution is 2.21. The second-order valence-electron chi connectivity index (χ2n) is 4.61. The van der Waals surface area contributed by atoms with Crippen molar-refractivity contribution >= 4 is 11.9 Å². The molecule has 1 amide bonds. The van der Waals surface area contributed by atoms with Crippen LogP contribution in [0.3, 0.4) is 0 Å². The molecule has 0 saturated heterocycles. The molecule has 0 heterocycles. The summed E-state index contributed by atoms with van der Waals surface area (Å²) in [6, 6.07) is -0.351. The molecule has 0 aromatic rings. The fourth-order valence-electron chi connectivity index (χ4n) is 1.15. The van der Waals surface area contributed by atoms with Gasteiger partial charge in [0, 0.05) is 6.04 Å². The molecule has 0 aromatic heterocycles. The summed E-state index contributed by atoms with van der Waals surface area (Å²) in [4.78, 5) is 21.9. The molecular formula is C10H20N2O3. The molecule has 15 heavy (non-hydrogen) atoms. The zero-order chi connectivity index (χ0) is 12.1. The van der Waals surface area contributed by atoms with Gasteiger partial charge in [0.25, 0.3) is 0 Å². The van der Waals surface area contributed by atoms with E-state index in [9.17, 15) is 9.59 Å². The van der Waals surface area contributed by atoms with Crippen molar-refractivity contribution in [1.29, 1.82) is 0 Å². The number of aliphatic carboxylic acids is 1. The van der Waals surface area contributed by atoms with Gasteiger partial charge in [-0.3, -0.25) is 9.59 Å². The molecule has 0 spiro atoms. The standard InChI is InChI=1S/C10H20N2O3/c1-10(2,3)7(5-9(14)15)12-8(13)6-11-4/h7,11H,5-6H2,1-4H3,(H,12,13)(H,14,15). The van der Waals surface area contributed by atoms with Crippen LogP contribution < -0.4 is 10.6 Å². The SMILES string of the molecule is CNCC(=O)NC(CC(=O)O)C(C)(C)C. The number of amides is 1. The Labute approximate surface area is 90.2 Å². The van der Waals surface area contributed by atoms with Crippen LogP contribution in [0.5, 0.6) is 0 Å². The van der Waals surface area contributed by atoms with E-state index in [1.807, 2.05) is 20.8 Å². The van der Waals surface area contributed by atoms with Crippen LogP contribution in [0.2, 0.25) is 0 Å². The number of carbonyl (C=O) groups excluding carboxylic acids is 1. The molecule has 5 heteroatoms. The molecule has 0 radical (unpaired) electrons. The summed E-state index contributed by atoms with van der Waals surface area (Å²) in [6.07, 6.45) is -0.0566. The fourth-order valence-corrected chi connectivity index (χ4v) is 1.15. The number of carbonyl (C=O) groups is 2. The van der Waals surface area contributed by atoms with Crippen molar-refractivity contribution in [3.63, 3.8) is 0 Å². The van der Waals surface area contributed by atoms with Gasteiger partial charge in [0.2, 0.25) is 5.91 Å². The molecular weight excluding hydrogens is 196 g/mol. The number of likely N-dealkylation sites (N-methyl/N-ethyl adjacent to an activating group) is 1. The van der Waals surface area contributed by atoms with E-state index < -0.39 is 5.97 Å². The molecule has 1 atom stereocenters. The Kier molecular flexibility index (Phi) is 5.28. The van der Waals surface area contributed by atoms with Crippen LogP contribution in [0.4, 0.5) is 0 Å². The zero-order valence-corrected chi connectivity index (χ0v) is 9.76. The third-order valence-corrected chi connectivity index (χ3v) is 2.10. The van der Waals surface area contributed by atoms with Gasteiger partial charge >= 0.3 is 5.97 Å². The third kappa shape index (κ3) is 6.06. The highest BCUT2D eigenvalue weighted by Gasteiger charge is 2.28. The molecule has 5 nitrogen and oxygen atoms in total. The normalized spacial score (nSPS) is 13.3. The first kappa shape index (κ1) is 13.9. The van der Waals surface area contributed by atoms with Gasteiger partial charge in [-0.2, -0.15) is 0 Å². The van der Waals surface area contributed by atoms with Crippen molar-refractivity contribution in [3.8, 4) is 0 Å². The van der Waals surface area contributed by atoms with Crippen LogP contribution in [0, 0.1) is 5.41 Å². The highest BCUT2D eigenvalue weighted by atomic mass is 16.4. The molecule has 0 aliphatic carbocycles. The second kappa shape index (κ2) is 5.70. The number of carboxylic acid groups (broad SMARTS) is 1. The summed E-state index contributed by atoms with van der Waals surface area (Å²) in [5.41, 5.74) is -0.262. The lowest BCUT2D eigenvalue weighted by Gasteiger charge is -2.30. The van der Waals surface area contributed by atoms with E-state index in [1.54, 1.807) is 7.05 Å². The highest BCUT2D eigenvalue weighted by molar-refractivity contribution is 5.79. The number of hydrogen-bond donors (Lipinski definition) is 3. The van der Waals surface area contributed by atoms with Crippen molar-refractivity contribution in [1.82, 2.24) is 10.6 Å². The number of nitrogens with one attached hydrogen (secondary N) is 2. The predicted molar refractivity (Wildman–Crippen MR) is 57.6 cm³/mol. The van der Waals surface area contributed by atoms with E-state index in [-0.39, 0.29) is 30.3 Å². The maximum Gasteiger partial charge on any atom is 0.305 e. The summed E-state index contributed by atoms with van der Waals surface area (Å²) in [6.45, 7) is 5.91. The maximum atomic E-state index is 11.3. The summed E-state index contributed by atoms with van der Waals surface area (Å²) in [7, 11) is 1.67. The van der Waals surface area contributed by atoms with E-state index in [4.69, 9.17) is 5.11 Å². The lowest BCUT2D eigenvalue weighted by Crippen LogP contribution is -2.47. The van der Waals surface area contributed by atoms with Gasteiger partial charge < -0.3 is 15.7 Å². The van der Waals surface area contributed by atoms with Crippen LogP contribution in [-0.4, -0.2) is 36.6 Å². The Hall–Kier alpha value is -1.10. The third-order valence-electron chi connectivity index (χ3n) is 2.10. The summed E-state index contributed by atoms with van der Waals surface area (Å²) < 4.78 is 0. The number of carboxylic acids is 1. The average molecular weight is 216 g/mol. The van der Waals surface area contributed by atoms with E-state index >= 15 is 0 Å². The van der Waals surface area contributed by atoms with Gasteiger partial charge in [0.1, 0.15) is 0 Å². The quantitative estimate of drug-likeness (QED) is 0.614. The molecule has 0 aliphatic heterocycles. The van der Waals surface area contributed by atoms with Crippen molar-refractivity contribution in [3.05, 3.63) is 0 Å². The molecule has 3 N–H and O–H groups in total. The summed E-state index contributed by atoms with van der Waals surface area (Å²) in [5.74, 6) is -1.08. The Balaban J connectivity index is 4.38. The van der Waals surface area contributed by atoms with Gasteiger partial charge in [-0.1, -0.05) is 20.8 Å². The molecule has 0 bridgehead atoms. The number of rotatable bonds is 5. The van der Waals surface area contributed by atoms with Gasteiger partial charge in [-0.25, -0.2) is 0 Å². The van der Waals surface area contributed by atoms with Gasteiger partial charge in [-0.15, -0.1) is 0 Å².